The Labute approximate surface area is 258 Å². The number of aliphatic hydroxyl groups excluding tert-OH is 1. The minimum absolute atomic E-state index is 0. The normalized spacial score (nSPS) is 11.6. The molecule has 1 radical (unpaired) electrons. The maximum atomic E-state index is 15.5. The van der Waals surface area contributed by atoms with Crippen molar-refractivity contribution in [2.24, 2.45) is 0 Å². The molecule has 1 N–H and O–H groups in total. The van der Waals surface area contributed by atoms with Gasteiger partial charge in [0.25, 0.3) is 0 Å². The number of nitrogens with zero attached hydrogens (tertiary/aromatic N) is 1. The van der Waals surface area contributed by atoms with Crippen molar-refractivity contribution in [1.82, 2.24) is 4.98 Å². The van der Waals surface area contributed by atoms with Crippen molar-refractivity contribution in [2.45, 2.75) is 20.0 Å². The second kappa shape index (κ2) is 12.9. The van der Waals surface area contributed by atoms with Crippen LogP contribution in [0.5, 0.6) is 0 Å². The van der Waals surface area contributed by atoms with Gasteiger partial charge in [0.2, 0.25) is 0 Å². The van der Waals surface area contributed by atoms with Crippen LogP contribution in [-0.4, -0.2) is 15.9 Å². The van der Waals surface area contributed by atoms with Crippen molar-refractivity contribution in [1.29, 1.82) is 0 Å². The Hall–Kier alpha value is -4.39. The zero-order valence-corrected chi connectivity index (χ0v) is 25.4. The summed E-state index contributed by atoms with van der Waals surface area (Å²) in [6, 6.07) is 28.5. The summed E-state index contributed by atoms with van der Waals surface area (Å²) >= 11 is 0. The summed E-state index contributed by atoms with van der Waals surface area (Å²) in [6.07, 6.45) is -1.83. The van der Waals surface area contributed by atoms with E-state index >= 15 is 4.39 Å². The van der Waals surface area contributed by atoms with Gasteiger partial charge in [-0.1, -0.05) is 83.7 Å². The zero-order valence-electron chi connectivity index (χ0n) is 23.0. The molecule has 0 aliphatic carbocycles. The Morgan fingerprint density at radius 3 is 2.09 bits per heavy atom. The van der Waals surface area contributed by atoms with Gasteiger partial charge in [0.05, 0.1) is 5.76 Å². The molecule has 5 aromatic carbocycles. The van der Waals surface area contributed by atoms with E-state index in [-0.39, 0.29) is 48.4 Å². The van der Waals surface area contributed by atoms with E-state index in [1.165, 1.54) is 32.2 Å². The second-order valence-electron chi connectivity index (χ2n) is 9.74. The van der Waals surface area contributed by atoms with Crippen molar-refractivity contribution >= 4 is 38.1 Å². The fourth-order valence-electron chi connectivity index (χ4n) is 4.98. The number of alkyl halides is 3. The maximum Gasteiger partial charge on any atom is 0.403 e. The quantitative estimate of drug-likeness (QED) is 0.0643. The molecular formula is C35H24F4IrNO2-. The number of allylic oxidation sites excluding steroid dienone is 2. The van der Waals surface area contributed by atoms with Crippen LogP contribution < -0.4 is 0 Å². The Morgan fingerprint density at radius 2 is 1.44 bits per heavy atom. The van der Waals surface area contributed by atoms with Gasteiger partial charge in [-0.25, -0.2) is 4.39 Å². The number of ketones is 1. The summed E-state index contributed by atoms with van der Waals surface area (Å²) in [5.74, 6) is -0.405. The number of halogens is 4. The number of carbonyl (C=O) groups excluding carboxylic acids is 1. The monoisotopic (exact) mass is 759 g/mol. The molecule has 0 atom stereocenters. The number of benzene rings is 5. The van der Waals surface area contributed by atoms with Crippen molar-refractivity contribution in [3.63, 3.8) is 0 Å². The molecule has 219 valence electrons. The van der Waals surface area contributed by atoms with Crippen LogP contribution in [0.15, 0.2) is 109 Å². The molecule has 0 fully saturated rings. The van der Waals surface area contributed by atoms with Crippen LogP contribution in [0, 0.1) is 11.9 Å². The van der Waals surface area contributed by atoms with Crippen LogP contribution in [0.3, 0.4) is 0 Å². The van der Waals surface area contributed by atoms with Crippen LogP contribution in [0.25, 0.3) is 54.7 Å². The first-order valence-corrected chi connectivity index (χ1v) is 13.0. The number of pyridine rings is 1. The number of aliphatic hydroxyl groups is 1. The summed E-state index contributed by atoms with van der Waals surface area (Å²) in [5.41, 5.74) is 1.13. The molecule has 6 rings (SSSR count). The van der Waals surface area contributed by atoms with Crippen molar-refractivity contribution in [3.05, 3.63) is 126 Å². The molecule has 0 saturated heterocycles. The van der Waals surface area contributed by atoms with E-state index in [4.69, 9.17) is 5.11 Å². The van der Waals surface area contributed by atoms with Crippen molar-refractivity contribution in [2.75, 3.05) is 0 Å². The fourth-order valence-corrected chi connectivity index (χ4v) is 4.98. The van der Waals surface area contributed by atoms with Gasteiger partial charge in [0.15, 0.2) is 5.78 Å². The largest absolute Gasteiger partial charge is 0.512 e. The Bertz CT molecular complexity index is 1980. The third-order valence-electron chi connectivity index (χ3n) is 6.71. The minimum Gasteiger partial charge on any atom is -0.512 e. The topological polar surface area (TPSA) is 50.2 Å². The molecule has 0 unspecified atom stereocenters. The molecular weight excluding hydrogens is 735 g/mol. The van der Waals surface area contributed by atoms with E-state index < -0.39 is 11.7 Å². The van der Waals surface area contributed by atoms with E-state index in [1.54, 1.807) is 42.5 Å². The van der Waals surface area contributed by atoms with Crippen molar-refractivity contribution in [3.8, 4) is 22.4 Å². The van der Waals surface area contributed by atoms with Gasteiger partial charge in [-0.05, 0) is 47.2 Å². The summed E-state index contributed by atoms with van der Waals surface area (Å²) < 4.78 is 57.2. The van der Waals surface area contributed by atoms with Crippen LogP contribution in [-0.2, 0) is 31.1 Å². The number of aromatic nitrogens is 1. The fraction of sp³-hybridized carbons (Fsp3) is 0.0857. The van der Waals surface area contributed by atoms with Crippen LogP contribution in [0.1, 0.15) is 19.4 Å². The third kappa shape index (κ3) is 6.66. The predicted molar refractivity (Wildman–Crippen MR) is 158 cm³/mol. The molecule has 0 spiro atoms. The molecule has 0 aliphatic rings. The van der Waals surface area contributed by atoms with Gasteiger partial charge in [-0.15, -0.1) is 23.6 Å². The summed E-state index contributed by atoms with van der Waals surface area (Å²) in [4.78, 5) is 14.4. The number of hydrogen-bond donors (Lipinski definition) is 1. The minimum atomic E-state index is -4.53. The number of carbonyl (C=O) groups is 1. The first kappa shape index (κ1) is 31.5. The van der Waals surface area contributed by atoms with E-state index in [9.17, 15) is 18.0 Å². The molecule has 3 nitrogen and oxygen atoms in total. The van der Waals surface area contributed by atoms with Crippen LogP contribution in [0.4, 0.5) is 17.6 Å². The molecule has 43 heavy (non-hydrogen) atoms. The molecule has 0 bridgehead atoms. The summed E-state index contributed by atoms with van der Waals surface area (Å²) in [5, 5.41) is 11.3. The first-order valence-electron chi connectivity index (χ1n) is 13.0. The smallest absolute Gasteiger partial charge is 0.403 e. The van der Waals surface area contributed by atoms with Gasteiger partial charge >= 0.3 is 6.18 Å². The van der Waals surface area contributed by atoms with Gasteiger partial charge < -0.3 is 5.11 Å². The van der Waals surface area contributed by atoms with E-state index in [0.717, 1.165) is 11.6 Å². The zero-order chi connectivity index (χ0) is 30.0. The predicted octanol–water partition coefficient (Wildman–Crippen LogP) is 9.87. The standard InChI is InChI=1S/C30H16F4N.C5H8O2.Ir/c31-28-22(18-6-2-1-3-7-18)10-11-23-24-14-15-35-29(26(24)13-12-25(23)28)20-16-19-8-4-5-9-21(19)27(17-20)30(32,33)34;1-4(6)3-5(2)7;/h1-15,17H;3,6H,1-2H3;/q-1;;/b;4-3-;. The molecule has 1 aromatic heterocycles. The number of rotatable bonds is 3. The molecule has 0 saturated carbocycles. The van der Waals surface area contributed by atoms with Gasteiger partial charge in [-0.2, -0.15) is 13.2 Å². The van der Waals surface area contributed by atoms with Crippen LogP contribution in [0.2, 0.25) is 0 Å². The Balaban J connectivity index is 0.000000475. The molecule has 0 aliphatic heterocycles. The Morgan fingerprint density at radius 1 is 0.814 bits per heavy atom. The first-order chi connectivity index (χ1) is 20.0. The summed E-state index contributed by atoms with van der Waals surface area (Å²) in [6.45, 7) is 2.85. The third-order valence-corrected chi connectivity index (χ3v) is 6.71. The molecule has 6 aromatic rings. The molecule has 8 heteroatoms. The second-order valence-corrected chi connectivity index (χ2v) is 9.74. The van der Waals surface area contributed by atoms with Crippen molar-refractivity contribution < 1.29 is 47.6 Å². The van der Waals surface area contributed by atoms with Gasteiger partial charge in [0, 0.05) is 49.0 Å². The molecule has 1 heterocycles. The molecule has 0 amide bonds. The SMILES string of the molecule is CC(=O)/C=C(/C)O.Fc1c(-c2ccccc2)ccc2c1ccc1c(-c3[c-]c4ccccc4c(C(F)(F)F)c3)nccc12.[Ir]. The number of fused-ring (bicyclic) bond motifs is 4. The average Bonchev–Trinajstić information content (AvgIpc) is 2.96. The van der Waals surface area contributed by atoms with Gasteiger partial charge in [0.1, 0.15) is 5.82 Å². The van der Waals surface area contributed by atoms with E-state index in [1.807, 2.05) is 36.4 Å². The average molecular weight is 759 g/mol. The van der Waals surface area contributed by atoms with E-state index in [0.29, 0.717) is 38.2 Å². The number of hydrogen-bond acceptors (Lipinski definition) is 3. The van der Waals surface area contributed by atoms with Crippen LogP contribution >= 0.6 is 0 Å². The Kier molecular flexibility index (Phi) is 9.43. The summed E-state index contributed by atoms with van der Waals surface area (Å²) in [7, 11) is 0. The maximum absolute atomic E-state index is 15.5. The van der Waals surface area contributed by atoms with E-state index in [2.05, 4.69) is 11.1 Å². The van der Waals surface area contributed by atoms with Gasteiger partial charge in [-0.3, -0.25) is 9.78 Å².